The Labute approximate surface area is 94.3 Å². The molecule has 0 aliphatic rings. The SMILES string of the molecule is O=C(Oc1ccccc1)P(=O)(O)OI. The summed E-state index contributed by atoms with van der Waals surface area (Å²) in [6.45, 7) is 0. The smallest absolute Gasteiger partial charge is 0.417 e. The summed E-state index contributed by atoms with van der Waals surface area (Å²) in [6.07, 6.45) is 0. The quantitative estimate of drug-likeness (QED) is 0.682. The molecule has 1 N–H and O–H groups in total. The second kappa shape index (κ2) is 4.88. The number of hydrogen-bond acceptors (Lipinski definition) is 4. The van der Waals surface area contributed by atoms with E-state index >= 15 is 0 Å². The summed E-state index contributed by atoms with van der Waals surface area (Å²) in [5.74, 6) is 0.195. The van der Waals surface area contributed by atoms with Crippen LogP contribution in [0.5, 0.6) is 5.75 Å². The first-order valence-corrected chi connectivity index (χ1v) is 5.92. The van der Waals surface area contributed by atoms with Crippen molar-refractivity contribution in [3.05, 3.63) is 30.3 Å². The van der Waals surface area contributed by atoms with Crippen LogP contribution in [0, 0.1) is 0 Å². The van der Waals surface area contributed by atoms with Gasteiger partial charge in [-0.05, 0) is 12.1 Å². The number of benzene rings is 1. The van der Waals surface area contributed by atoms with Gasteiger partial charge in [0, 0.05) is 0 Å². The van der Waals surface area contributed by atoms with Crippen molar-refractivity contribution in [3.8, 4) is 5.75 Å². The van der Waals surface area contributed by atoms with Crippen LogP contribution in [-0.2, 0) is 7.42 Å². The summed E-state index contributed by atoms with van der Waals surface area (Å²) in [6, 6.07) is 7.98. The molecule has 0 aromatic heterocycles. The molecular weight excluding hydrogens is 322 g/mol. The number of hydrogen-bond donors (Lipinski definition) is 1. The lowest BCUT2D eigenvalue weighted by molar-refractivity contribution is 0.216. The van der Waals surface area contributed by atoms with E-state index in [1.54, 1.807) is 18.2 Å². The Morgan fingerprint density at radius 2 is 1.93 bits per heavy atom. The molecule has 0 amide bonds. The second-order valence-corrected chi connectivity index (χ2v) is 5.00. The molecule has 1 unspecified atom stereocenters. The lowest BCUT2D eigenvalue weighted by atomic mass is 10.3. The third-order valence-corrected chi connectivity index (χ3v) is 3.61. The molecule has 7 heteroatoms. The summed E-state index contributed by atoms with van der Waals surface area (Å²) < 4.78 is 19.6. The van der Waals surface area contributed by atoms with Crippen molar-refractivity contribution in [3.63, 3.8) is 0 Å². The highest BCUT2D eigenvalue weighted by molar-refractivity contribution is 14.1. The van der Waals surface area contributed by atoms with Gasteiger partial charge in [-0.15, -0.1) is 0 Å². The standard InChI is InChI=1S/C7H6IO5P/c8-13-14(10,11)7(9)12-6-4-2-1-3-5-6/h1-5H,(H,10,11). The van der Waals surface area contributed by atoms with Gasteiger partial charge < -0.3 is 9.63 Å². The molecule has 1 aromatic rings. The van der Waals surface area contributed by atoms with E-state index in [2.05, 4.69) is 7.59 Å². The van der Waals surface area contributed by atoms with E-state index in [1.165, 1.54) is 35.1 Å². The predicted molar refractivity (Wildman–Crippen MR) is 57.4 cm³/mol. The van der Waals surface area contributed by atoms with Crippen molar-refractivity contribution >= 4 is 36.3 Å². The van der Waals surface area contributed by atoms with E-state index < -0.39 is 13.3 Å². The van der Waals surface area contributed by atoms with Crippen molar-refractivity contribution in [1.82, 2.24) is 0 Å². The van der Waals surface area contributed by atoms with Crippen molar-refractivity contribution < 1.29 is 21.8 Å². The summed E-state index contributed by atoms with van der Waals surface area (Å²) >= 11 is 1.17. The number of halogens is 1. The Morgan fingerprint density at radius 3 is 2.43 bits per heavy atom. The average molecular weight is 328 g/mol. The average Bonchev–Trinajstić information content (AvgIpc) is 2.19. The van der Waals surface area contributed by atoms with Crippen molar-refractivity contribution in [2.45, 2.75) is 0 Å². The van der Waals surface area contributed by atoms with Crippen LogP contribution in [0.4, 0.5) is 4.79 Å². The van der Waals surface area contributed by atoms with E-state index in [-0.39, 0.29) is 5.75 Å². The maximum atomic E-state index is 11.0. The molecule has 0 radical (unpaired) electrons. The summed E-state index contributed by atoms with van der Waals surface area (Å²) in [4.78, 5) is 19.9. The Balaban J connectivity index is 2.72. The largest absolute Gasteiger partial charge is 0.445 e. The molecule has 76 valence electrons. The Kier molecular flexibility index (Phi) is 4.06. The number of carbonyl (C=O) groups excluding carboxylic acids is 1. The van der Waals surface area contributed by atoms with Crippen molar-refractivity contribution in [1.29, 1.82) is 0 Å². The zero-order valence-corrected chi connectivity index (χ0v) is 9.84. The molecule has 5 nitrogen and oxygen atoms in total. The van der Waals surface area contributed by atoms with Gasteiger partial charge in [0.05, 0.1) is 0 Å². The molecule has 0 aliphatic heterocycles. The predicted octanol–water partition coefficient (Wildman–Crippen LogP) is 2.74. The zero-order chi connectivity index (χ0) is 10.6. The van der Waals surface area contributed by atoms with Gasteiger partial charge in [-0.25, -0.2) is 12.2 Å². The molecule has 0 aliphatic carbocycles. The van der Waals surface area contributed by atoms with Crippen LogP contribution < -0.4 is 4.74 Å². The molecule has 0 saturated heterocycles. The minimum atomic E-state index is -4.30. The molecule has 0 heterocycles. The van der Waals surface area contributed by atoms with Gasteiger partial charge in [-0.2, -0.15) is 0 Å². The van der Waals surface area contributed by atoms with Gasteiger partial charge in [0.15, 0.2) is 0 Å². The third kappa shape index (κ3) is 3.06. The highest BCUT2D eigenvalue weighted by Crippen LogP contribution is 2.46. The zero-order valence-electron chi connectivity index (χ0n) is 6.79. The Bertz CT molecular complexity index is 366. The topological polar surface area (TPSA) is 72.8 Å². The number of carbonyl (C=O) groups is 1. The van der Waals surface area contributed by atoms with E-state index in [0.29, 0.717) is 0 Å². The Hall–Kier alpha value is -0.430. The van der Waals surface area contributed by atoms with E-state index in [4.69, 9.17) is 4.89 Å². The molecule has 0 bridgehead atoms. The molecule has 0 saturated carbocycles. The van der Waals surface area contributed by atoms with Gasteiger partial charge in [0.25, 0.3) is 0 Å². The first kappa shape index (κ1) is 11.6. The summed E-state index contributed by atoms with van der Waals surface area (Å²) in [5.41, 5.74) is -1.29. The van der Waals surface area contributed by atoms with Gasteiger partial charge in [0.1, 0.15) is 28.8 Å². The lowest BCUT2D eigenvalue weighted by Gasteiger charge is -2.06. The van der Waals surface area contributed by atoms with E-state index in [1.807, 2.05) is 0 Å². The molecule has 1 aromatic carbocycles. The van der Waals surface area contributed by atoms with Crippen LogP contribution in [0.3, 0.4) is 0 Å². The fourth-order valence-corrected chi connectivity index (χ4v) is 1.43. The van der Waals surface area contributed by atoms with Gasteiger partial charge in [0.2, 0.25) is 0 Å². The highest BCUT2D eigenvalue weighted by atomic mass is 127. The lowest BCUT2D eigenvalue weighted by Crippen LogP contribution is -2.06. The minimum Gasteiger partial charge on any atom is -0.417 e. The van der Waals surface area contributed by atoms with Crippen LogP contribution in [0.25, 0.3) is 0 Å². The molecule has 1 atom stereocenters. The summed E-state index contributed by atoms with van der Waals surface area (Å²) in [5, 5.41) is 0. The highest BCUT2D eigenvalue weighted by Gasteiger charge is 2.32. The fourth-order valence-electron chi connectivity index (χ4n) is 0.675. The first-order chi connectivity index (χ1) is 6.56. The third-order valence-electron chi connectivity index (χ3n) is 1.27. The van der Waals surface area contributed by atoms with Crippen LogP contribution in [-0.4, -0.2) is 10.6 Å². The van der Waals surface area contributed by atoms with Gasteiger partial charge in [-0.3, -0.25) is 0 Å². The van der Waals surface area contributed by atoms with E-state index in [9.17, 15) is 9.36 Å². The van der Waals surface area contributed by atoms with Crippen LogP contribution in [0.15, 0.2) is 30.3 Å². The van der Waals surface area contributed by atoms with Crippen molar-refractivity contribution in [2.24, 2.45) is 0 Å². The number of para-hydroxylation sites is 1. The first-order valence-electron chi connectivity index (χ1n) is 3.47. The van der Waals surface area contributed by atoms with E-state index in [0.717, 1.165) is 0 Å². The maximum Gasteiger partial charge on any atom is 0.445 e. The second-order valence-electron chi connectivity index (χ2n) is 2.27. The number of rotatable bonds is 3. The normalized spacial score (nSPS) is 14.4. The fraction of sp³-hybridized carbons (Fsp3) is 0. The summed E-state index contributed by atoms with van der Waals surface area (Å²) in [7, 11) is -4.30. The number of ether oxygens (including phenoxy) is 1. The monoisotopic (exact) mass is 328 g/mol. The van der Waals surface area contributed by atoms with Crippen LogP contribution in [0.1, 0.15) is 0 Å². The molecule has 1 rings (SSSR count). The minimum absolute atomic E-state index is 0.195. The van der Waals surface area contributed by atoms with Gasteiger partial charge in [-0.1, -0.05) is 18.2 Å². The van der Waals surface area contributed by atoms with Crippen molar-refractivity contribution in [2.75, 3.05) is 0 Å². The van der Waals surface area contributed by atoms with Gasteiger partial charge >= 0.3 is 13.3 Å². The molecule has 0 spiro atoms. The van der Waals surface area contributed by atoms with Crippen LogP contribution in [0.2, 0.25) is 0 Å². The maximum absolute atomic E-state index is 11.0. The molecule has 14 heavy (non-hydrogen) atoms. The Morgan fingerprint density at radius 1 is 1.36 bits per heavy atom. The molecule has 0 fully saturated rings. The van der Waals surface area contributed by atoms with Crippen LogP contribution >= 0.6 is 30.6 Å². The molecular formula is C7H6IO5P.